The molecule has 0 radical (unpaired) electrons. The van der Waals surface area contributed by atoms with Gasteiger partial charge in [0.1, 0.15) is 11.6 Å². The van der Waals surface area contributed by atoms with E-state index in [0.29, 0.717) is 18.8 Å². The van der Waals surface area contributed by atoms with Crippen LogP contribution in [0.5, 0.6) is 5.75 Å². The van der Waals surface area contributed by atoms with Crippen molar-refractivity contribution in [2.75, 3.05) is 11.9 Å². The van der Waals surface area contributed by atoms with Crippen LogP contribution < -0.4 is 10.1 Å². The molecule has 1 aromatic heterocycles. The smallest absolute Gasteiger partial charge is 0.228 e. The predicted molar refractivity (Wildman–Crippen MR) is 72.9 cm³/mol. The van der Waals surface area contributed by atoms with Crippen molar-refractivity contribution >= 4 is 11.7 Å². The second-order valence-corrected chi connectivity index (χ2v) is 4.31. The molecule has 5 nitrogen and oxygen atoms in total. The van der Waals surface area contributed by atoms with Gasteiger partial charge in [0.15, 0.2) is 0 Å². The molecule has 1 aromatic carbocycles. The van der Waals surface area contributed by atoms with Gasteiger partial charge in [0.25, 0.3) is 0 Å². The Balaban J connectivity index is 1.72. The highest BCUT2D eigenvalue weighted by atomic mass is 16.5. The van der Waals surface area contributed by atoms with Crippen LogP contribution in [0.4, 0.5) is 5.82 Å². The standard InChI is InChI=1S/C14H17N3O2/c1-11(14(18)16-13-7-9-15-17-13)8-10-19-12-5-3-2-4-6-12/h2-7,9,11H,8,10H2,1H3,(H2,15,16,17,18)/t11-/m1/s1. The van der Waals surface area contributed by atoms with Crippen molar-refractivity contribution in [1.82, 2.24) is 10.2 Å². The fourth-order valence-corrected chi connectivity index (χ4v) is 1.58. The van der Waals surface area contributed by atoms with Gasteiger partial charge in [0.2, 0.25) is 5.91 Å². The molecule has 0 unspecified atom stereocenters. The van der Waals surface area contributed by atoms with E-state index in [1.807, 2.05) is 37.3 Å². The van der Waals surface area contributed by atoms with Crippen molar-refractivity contribution in [2.24, 2.45) is 5.92 Å². The van der Waals surface area contributed by atoms with Crippen LogP contribution in [0.3, 0.4) is 0 Å². The van der Waals surface area contributed by atoms with Gasteiger partial charge in [-0.25, -0.2) is 0 Å². The topological polar surface area (TPSA) is 67.0 Å². The van der Waals surface area contributed by atoms with Gasteiger partial charge in [-0.3, -0.25) is 9.89 Å². The summed E-state index contributed by atoms with van der Waals surface area (Å²) in [7, 11) is 0. The van der Waals surface area contributed by atoms with E-state index in [4.69, 9.17) is 4.74 Å². The molecule has 0 aliphatic heterocycles. The van der Waals surface area contributed by atoms with Gasteiger partial charge < -0.3 is 10.1 Å². The van der Waals surface area contributed by atoms with E-state index in [-0.39, 0.29) is 11.8 Å². The lowest BCUT2D eigenvalue weighted by Crippen LogP contribution is -2.22. The Bertz CT molecular complexity index is 497. The third-order valence-electron chi connectivity index (χ3n) is 2.77. The number of carbonyl (C=O) groups is 1. The Kier molecular flexibility index (Phi) is 4.55. The molecule has 100 valence electrons. The molecule has 2 aromatic rings. The van der Waals surface area contributed by atoms with Crippen LogP contribution in [0.1, 0.15) is 13.3 Å². The molecule has 1 heterocycles. The molecular weight excluding hydrogens is 242 g/mol. The van der Waals surface area contributed by atoms with Crippen molar-refractivity contribution in [3.05, 3.63) is 42.6 Å². The Morgan fingerprint density at radius 3 is 2.84 bits per heavy atom. The third-order valence-corrected chi connectivity index (χ3v) is 2.77. The number of aromatic amines is 1. The molecule has 19 heavy (non-hydrogen) atoms. The van der Waals surface area contributed by atoms with Crippen LogP contribution in [-0.2, 0) is 4.79 Å². The molecule has 1 atom stereocenters. The maximum atomic E-state index is 11.8. The monoisotopic (exact) mass is 259 g/mol. The van der Waals surface area contributed by atoms with Gasteiger partial charge in [0.05, 0.1) is 12.8 Å². The molecular formula is C14H17N3O2. The van der Waals surface area contributed by atoms with Crippen molar-refractivity contribution < 1.29 is 9.53 Å². The molecule has 0 saturated carbocycles. The van der Waals surface area contributed by atoms with E-state index in [2.05, 4.69) is 15.5 Å². The summed E-state index contributed by atoms with van der Waals surface area (Å²) in [5, 5.41) is 9.22. The molecule has 1 amide bonds. The van der Waals surface area contributed by atoms with Crippen molar-refractivity contribution in [2.45, 2.75) is 13.3 Å². The van der Waals surface area contributed by atoms with Gasteiger partial charge in [-0.1, -0.05) is 25.1 Å². The molecule has 0 spiro atoms. The Morgan fingerprint density at radius 2 is 2.16 bits per heavy atom. The van der Waals surface area contributed by atoms with Crippen molar-refractivity contribution in [3.63, 3.8) is 0 Å². The van der Waals surface area contributed by atoms with Gasteiger partial charge in [-0.2, -0.15) is 5.10 Å². The minimum Gasteiger partial charge on any atom is -0.494 e. The summed E-state index contributed by atoms with van der Waals surface area (Å²) in [6.07, 6.45) is 2.26. The zero-order chi connectivity index (χ0) is 13.5. The number of hydrogen-bond donors (Lipinski definition) is 2. The molecule has 5 heteroatoms. The lowest BCUT2D eigenvalue weighted by atomic mass is 10.1. The van der Waals surface area contributed by atoms with Gasteiger partial charge in [-0.15, -0.1) is 0 Å². The second kappa shape index (κ2) is 6.58. The predicted octanol–water partition coefficient (Wildman–Crippen LogP) is 2.45. The molecule has 0 fully saturated rings. The molecule has 0 bridgehead atoms. The first kappa shape index (κ1) is 13.1. The van der Waals surface area contributed by atoms with Crippen molar-refractivity contribution in [1.29, 1.82) is 0 Å². The minimum absolute atomic E-state index is 0.0408. The number of nitrogens with zero attached hydrogens (tertiary/aromatic N) is 1. The van der Waals surface area contributed by atoms with E-state index in [1.54, 1.807) is 12.3 Å². The fraction of sp³-hybridized carbons (Fsp3) is 0.286. The zero-order valence-corrected chi connectivity index (χ0v) is 10.8. The van der Waals surface area contributed by atoms with Gasteiger partial charge in [-0.05, 0) is 18.6 Å². The number of carbonyl (C=O) groups excluding carboxylic acids is 1. The summed E-state index contributed by atoms with van der Waals surface area (Å²) in [5.74, 6) is 1.28. The first-order valence-corrected chi connectivity index (χ1v) is 6.24. The van der Waals surface area contributed by atoms with Crippen LogP contribution in [0, 0.1) is 5.92 Å². The van der Waals surface area contributed by atoms with Crippen LogP contribution in [-0.4, -0.2) is 22.7 Å². The lowest BCUT2D eigenvalue weighted by Gasteiger charge is -2.11. The summed E-state index contributed by atoms with van der Waals surface area (Å²) in [6, 6.07) is 11.3. The summed E-state index contributed by atoms with van der Waals surface area (Å²) in [5.41, 5.74) is 0. The lowest BCUT2D eigenvalue weighted by molar-refractivity contribution is -0.119. The summed E-state index contributed by atoms with van der Waals surface area (Å²) in [4.78, 5) is 11.8. The average molecular weight is 259 g/mol. The quantitative estimate of drug-likeness (QED) is 0.837. The van der Waals surface area contributed by atoms with Crippen LogP contribution >= 0.6 is 0 Å². The van der Waals surface area contributed by atoms with Crippen LogP contribution in [0.25, 0.3) is 0 Å². The number of aromatic nitrogens is 2. The number of rotatable bonds is 6. The van der Waals surface area contributed by atoms with Gasteiger partial charge >= 0.3 is 0 Å². The Labute approximate surface area is 112 Å². The summed E-state index contributed by atoms with van der Waals surface area (Å²) in [6.45, 7) is 2.39. The highest BCUT2D eigenvalue weighted by Crippen LogP contribution is 2.11. The van der Waals surface area contributed by atoms with Crippen LogP contribution in [0.15, 0.2) is 42.6 Å². The van der Waals surface area contributed by atoms with Gasteiger partial charge in [0, 0.05) is 12.0 Å². The molecule has 0 aliphatic carbocycles. The molecule has 2 N–H and O–H groups in total. The van der Waals surface area contributed by atoms with Crippen molar-refractivity contribution in [3.8, 4) is 5.75 Å². The SMILES string of the molecule is C[C@H](CCOc1ccccc1)C(=O)Nc1ccn[nH]1. The van der Waals surface area contributed by atoms with E-state index >= 15 is 0 Å². The molecule has 2 rings (SSSR count). The number of amides is 1. The number of para-hydroxylation sites is 1. The Morgan fingerprint density at radius 1 is 1.37 bits per heavy atom. The highest BCUT2D eigenvalue weighted by molar-refractivity contribution is 5.91. The summed E-state index contributed by atoms with van der Waals surface area (Å²) < 4.78 is 5.56. The Hall–Kier alpha value is -2.30. The number of anilines is 1. The fourth-order valence-electron chi connectivity index (χ4n) is 1.58. The average Bonchev–Trinajstić information content (AvgIpc) is 2.92. The normalized spacial score (nSPS) is 11.8. The number of hydrogen-bond acceptors (Lipinski definition) is 3. The second-order valence-electron chi connectivity index (χ2n) is 4.31. The number of H-pyrrole nitrogens is 1. The number of ether oxygens (including phenoxy) is 1. The van der Waals surface area contributed by atoms with Crippen LogP contribution in [0.2, 0.25) is 0 Å². The minimum atomic E-state index is -0.119. The third kappa shape index (κ3) is 4.13. The first-order valence-electron chi connectivity index (χ1n) is 6.24. The summed E-state index contributed by atoms with van der Waals surface area (Å²) >= 11 is 0. The van der Waals surface area contributed by atoms with E-state index in [1.165, 1.54) is 0 Å². The maximum Gasteiger partial charge on any atom is 0.228 e. The van der Waals surface area contributed by atoms with E-state index < -0.39 is 0 Å². The molecule has 0 saturated heterocycles. The number of benzene rings is 1. The van der Waals surface area contributed by atoms with E-state index in [0.717, 1.165) is 5.75 Å². The van der Waals surface area contributed by atoms with E-state index in [9.17, 15) is 4.79 Å². The number of nitrogens with one attached hydrogen (secondary N) is 2. The maximum absolute atomic E-state index is 11.8. The highest BCUT2D eigenvalue weighted by Gasteiger charge is 2.13. The largest absolute Gasteiger partial charge is 0.494 e. The molecule has 0 aliphatic rings. The first-order chi connectivity index (χ1) is 9.25. The zero-order valence-electron chi connectivity index (χ0n) is 10.8.